The van der Waals surface area contributed by atoms with Crippen LogP contribution in [0.4, 0.5) is 0 Å². The molecule has 1 N–H and O–H groups in total. The van der Waals surface area contributed by atoms with Gasteiger partial charge in [-0.25, -0.2) is 8.42 Å². The Morgan fingerprint density at radius 3 is 2.33 bits per heavy atom. The van der Waals surface area contributed by atoms with Gasteiger partial charge in [-0.05, 0) is 80.5 Å². The van der Waals surface area contributed by atoms with Crippen LogP contribution in [0.25, 0.3) is 0 Å². The lowest BCUT2D eigenvalue weighted by atomic mass is 9.84. The number of likely N-dealkylation sites (tertiary alicyclic amines) is 1. The number of carbonyl (C=O) groups is 1. The van der Waals surface area contributed by atoms with Gasteiger partial charge >= 0.3 is 0 Å². The van der Waals surface area contributed by atoms with Gasteiger partial charge in [0.1, 0.15) is 5.75 Å². The topological polar surface area (TPSA) is 96.4 Å². The first kappa shape index (κ1) is 29.8. The quantitative estimate of drug-likeness (QED) is 0.442. The average Bonchev–Trinajstić information content (AvgIpc) is 2.91. The maximum absolute atomic E-state index is 13.7. The van der Waals surface area contributed by atoms with Gasteiger partial charge in [0.15, 0.2) is 0 Å². The maximum atomic E-state index is 13.7. The molecule has 10 heteroatoms. The smallest absolute Gasteiger partial charge is 0.243 e. The van der Waals surface area contributed by atoms with Crippen LogP contribution in [-0.2, 0) is 25.2 Å². The molecule has 0 radical (unpaired) electrons. The van der Waals surface area contributed by atoms with Crippen LogP contribution < -0.4 is 4.74 Å². The summed E-state index contributed by atoms with van der Waals surface area (Å²) in [4.78, 5) is 14.9. The number of nitrogens with zero attached hydrogens (tertiary/aromatic N) is 2. The van der Waals surface area contributed by atoms with E-state index in [1.807, 2.05) is 12.1 Å². The van der Waals surface area contributed by atoms with Gasteiger partial charge in [0.25, 0.3) is 0 Å². The molecule has 214 valence electrons. The number of benzene rings is 2. The fourth-order valence-corrected chi connectivity index (χ4v) is 7.94. The van der Waals surface area contributed by atoms with Crippen LogP contribution >= 0.6 is 11.6 Å². The van der Waals surface area contributed by atoms with Gasteiger partial charge in [-0.1, -0.05) is 30.2 Å². The summed E-state index contributed by atoms with van der Waals surface area (Å²) in [6.45, 7) is 5.43. The van der Waals surface area contributed by atoms with Crippen molar-refractivity contribution in [1.29, 1.82) is 0 Å². The van der Waals surface area contributed by atoms with E-state index in [-0.39, 0.29) is 31.6 Å². The van der Waals surface area contributed by atoms with E-state index in [1.54, 1.807) is 54.4 Å². The second-order valence-corrected chi connectivity index (χ2v) is 12.9. The van der Waals surface area contributed by atoms with Crippen molar-refractivity contribution >= 4 is 27.5 Å². The Hall–Kier alpha value is -2.17. The number of hydrogen-bond acceptors (Lipinski definition) is 6. The first-order chi connectivity index (χ1) is 18.5. The van der Waals surface area contributed by atoms with E-state index in [9.17, 15) is 18.3 Å². The minimum absolute atomic E-state index is 0.0224. The Kier molecular flexibility index (Phi) is 9.60. The lowest BCUT2D eigenvalue weighted by Gasteiger charge is -2.38. The van der Waals surface area contributed by atoms with E-state index in [0.717, 1.165) is 24.8 Å². The molecule has 2 heterocycles. The highest BCUT2D eigenvalue weighted by molar-refractivity contribution is 7.89. The van der Waals surface area contributed by atoms with Crippen molar-refractivity contribution in [3.8, 4) is 5.75 Å². The molecular weight excluding hydrogens is 540 g/mol. The maximum Gasteiger partial charge on any atom is 0.243 e. The van der Waals surface area contributed by atoms with Gasteiger partial charge in [0.05, 0.1) is 37.2 Å². The van der Waals surface area contributed by atoms with Crippen LogP contribution in [-0.4, -0.2) is 74.6 Å². The summed E-state index contributed by atoms with van der Waals surface area (Å²) in [6, 6.07) is 10.4. The molecule has 0 aliphatic carbocycles. The molecule has 2 aromatic carbocycles. The molecule has 1 atom stereocenters. The van der Waals surface area contributed by atoms with Gasteiger partial charge in [-0.2, -0.15) is 4.31 Å². The van der Waals surface area contributed by atoms with Crippen molar-refractivity contribution in [3.63, 3.8) is 0 Å². The lowest BCUT2D eigenvalue weighted by molar-refractivity contribution is -0.137. The number of ether oxygens (including phenoxy) is 2. The Morgan fingerprint density at radius 2 is 1.72 bits per heavy atom. The van der Waals surface area contributed by atoms with Crippen LogP contribution in [0, 0.1) is 13.8 Å². The highest BCUT2D eigenvalue weighted by Gasteiger charge is 2.37. The number of sulfonamides is 1. The summed E-state index contributed by atoms with van der Waals surface area (Å²) in [5.74, 6) is 0.612. The molecule has 2 aliphatic heterocycles. The SMILES string of the molecule is COc1cc(C)c(S(=O)(=O)N2CCCCC2COCCC(=O)N2CCC(O)(c3ccc(Cl)cc3)CC2)c(C)c1. The van der Waals surface area contributed by atoms with Crippen molar-refractivity contribution < 1.29 is 27.8 Å². The van der Waals surface area contributed by atoms with Crippen molar-refractivity contribution in [3.05, 3.63) is 58.1 Å². The number of hydrogen-bond donors (Lipinski definition) is 1. The fourth-order valence-electron chi connectivity index (χ4n) is 5.72. The molecule has 1 unspecified atom stereocenters. The molecule has 39 heavy (non-hydrogen) atoms. The van der Waals surface area contributed by atoms with Gasteiger partial charge in [0, 0.05) is 30.7 Å². The summed E-state index contributed by atoms with van der Waals surface area (Å²) in [6.07, 6.45) is 3.59. The molecule has 0 spiro atoms. The Bertz CT molecular complexity index is 1240. The van der Waals surface area contributed by atoms with Gasteiger partial charge in [-0.3, -0.25) is 4.79 Å². The average molecular weight is 579 g/mol. The standard InChI is InChI=1S/C29H39ClN2O6S/c1-21-18-26(37-3)19-22(2)28(21)39(35,36)32-14-5-4-6-25(32)20-38-17-11-27(33)31-15-12-29(34,13-16-31)23-7-9-24(30)10-8-23/h7-10,18-19,25,34H,4-6,11-17,20H2,1-3H3. The van der Waals surface area contributed by atoms with Crippen LogP contribution in [0.2, 0.25) is 5.02 Å². The zero-order valence-corrected chi connectivity index (χ0v) is 24.6. The van der Waals surface area contributed by atoms with Crippen molar-refractivity contribution in [1.82, 2.24) is 9.21 Å². The molecule has 0 saturated carbocycles. The Balaban J connectivity index is 1.29. The molecule has 4 rings (SSSR count). The third kappa shape index (κ3) is 6.77. The van der Waals surface area contributed by atoms with E-state index in [0.29, 0.717) is 59.3 Å². The molecular formula is C29H39ClN2O6S. The number of carbonyl (C=O) groups excluding carboxylic acids is 1. The normalized spacial score (nSPS) is 20.1. The molecule has 0 bridgehead atoms. The minimum Gasteiger partial charge on any atom is -0.497 e. The third-order valence-corrected chi connectivity index (χ3v) is 10.4. The second kappa shape index (κ2) is 12.6. The van der Waals surface area contributed by atoms with E-state index in [2.05, 4.69) is 0 Å². The highest BCUT2D eigenvalue weighted by Crippen LogP contribution is 2.34. The predicted molar refractivity (Wildman–Crippen MR) is 151 cm³/mol. The first-order valence-corrected chi connectivity index (χ1v) is 15.4. The molecule has 2 aliphatic rings. The molecule has 2 saturated heterocycles. The van der Waals surface area contributed by atoms with Gasteiger partial charge in [-0.15, -0.1) is 0 Å². The molecule has 8 nitrogen and oxygen atoms in total. The van der Waals surface area contributed by atoms with Crippen LogP contribution in [0.1, 0.15) is 55.2 Å². The summed E-state index contributed by atoms with van der Waals surface area (Å²) in [7, 11) is -2.15. The first-order valence-electron chi connectivity index (χ1n) is 13.6. The van der Waals surface area contributed by atoms with E-state index >= 15 is 0 Å². The molecule has 0 aromatic heterocycles. The van der Waals surface area contributed by atoms with Crippen molar-refractivity contribution in [2.24, 2.45) is 0 Å². The fraction of sp³-hybridized carbons (Fsp3) is 0.552. The number of methoxy groups -OCH3 is 1. The van der Waals surface area contributed by atoms with Gasteiger partial charge < -0.3 is 19.5 Å². The third-order valence-electron chi connectivity index (χ3n) is 7.90. The lowest BCUT2D eigenvalue weighted by Crippen LogP contribution is -2.47. The molecule has 2 aromatic rings. The van der Waals surface area contributed by atoms with Crippen molar-refractivity contribution in [2.75, 3.05) is 40.0 Å². The van der Waals surface area contributed by atoms with E-state index < -0.39 is 15.6 Å². The molecule has 2 fully saturated rings. The Labute approximate surface area is 236 Å². The number of amides is 1. The number of rotatable bonds is 9. The van der Waals surface area contributed by atoms with Gasteiger partial charge in [0.2, 0.25) is 15.9 Å². The largest absolute Gasteiger partial charge is 0.497 e. The monoisotopic (exact) mass is 578 g/mol. The number of aliphatic hydroxyl groups is 1. The second-order valence-electron chi connectivity index (χ2n) is 10.6. The van der Waals surface area contributed by atoms with Crippen molar-refractivity contribution in [2.45, 2.75) is 68.9 Å². The number of piperidine rings is 2. The number of aryl methyl sites for hydroxylation is 2. The zero-order valence-electron chi connectivity index (χ0n) is 23.0. The Morgan fingerprint density at radius 1 is 1.08 bits per heavy atom. The number of halogens is 1. The van der Waals surface area contributed by atoms with Crippen LogP contribution in [0.5, 0.6) is 5.75 Å². The van der Waals surface area contributed by atoms with E-state index in [1.165, 1.54) is 0 Å². The summed E-state index contributed by atoms with van der Waals surface area (Å²) >= 11 is 5.97. The van der Waals surface area contributed by atoms with Crippen LogP contribution in [0.3, 0.4) is 0 Å². The summed E-state index contributed by atoms with van der Waals surface area (Å²) < 4.78 is 40.1. The van der Waals surface area contributed by atoms with E-state index in [4.69, 9.17) is 21.1 Å². The zero-order chi connectivity index (χ0) is 28.2. The minimum atomic E-state index is -3.71. The predicted octanol–water partition coefficient (Wildman–Crippen LogP) is 4.43. The summed E-state index contributed by atoms with van der Waals surface area (Å²) in [5.41, 5.74) is 1.17. The highest BCUT2D eigenvalue weighted by atomic mass is 35.5. The summed E-state index contributed by atoms with van der Waals surface area (Å²) in [5, 5.41) is 11.7. The molecule has 1 amide bonds. The van der Waals surface area contributed by atoms with Crippen LogP contribution in [0.15, 0.2) is 41.3 Å².